The Morgan fingerprint density at radius 2 is 2.08 bits per heavy atom. The van der Waals surface area contributed by atoms with Crippen LogP contribution in [-0.4, -0.2) is 0 Å². The molecule has 0 spiro atoms. The summed E-state index contributed by atoms with van der Waals surface area (Å²) in [6.07, 6.45) is 8.94. The molecule has 0 aromatic heterocycles. The van der Waals surface area contributed by atoms with Gasteiger partial charge in [-0.05, 0) is 28.9 Å². The third-order valence-corrected chi connectivity index (χ3v) is 2.48. The third-order valence-electron chi connectivity index (χ3n) is 2.48. The Bertz CT molecular complexity index is 435. The molecule has 0 amide bonds. The van der Waals surface area contributed by atoms with Crippen molar-refractivity contribution in [1.82, 2.24) is 0 Å². The fraction of sp³-hybridized carbons (Fsp3) is 0.231. The van der Waals surface area contributed by atoms with Crippen molar-refractivity contribution in [3.63, 3.8) is 0 Å². The van der Waals surface area contributed by atoms with Crippen molar-refractivity contribution in [2.75, 3.05) is 0 Å². The number of rotatable bonds is 1. The van der Waals surface area contributed by atoms with Crippen LogP contribution in [0.1, 0.15) is 19.8 Å². The van der Waals surface area contributed by atoms with Crippen LogP contribution in [0.4, 0.5) is 0 Å². The molecule has 0 bridgehead atoms. The van der Waals surface area contributed by atoms with E-state index in [2.05, 4.69) is 49.4 Å². The minimum atomic E-state index is 1.06. The number of fused-ring (bicyclic) bond motifs is 1. The summed E-state index contributed by atoms with van der Waals surface area (Å²) < 4.78 is 0. The highest BCUT2D eigenvalue weighted by Gasteiger charge is 1.94. The summed E-state index contributed by atoms with van der Waals surface area (Å²) in [6, 6.07) is 8.62. The first kappa shape index (κ1) is 8.31. The Labute approximate surface area is 78.9 Å². The normalized spacial score (nSPS) is 14.7. The van der Waals surface area contributed by atoms with Crippen molar-refractivity contribution < 1.29 is 0 Å². The predicted molar refractivity (Wildman–Crippen MR) is 57.6 cm³/mol. The van der Waals surface area contributed by atoms with Crippen LogP contribution in [0.3, 0.4) is 0 Å². The van der Waals surface area contributed by atoms with Crippen LogP contribution in [0.15, 0.2) is 36.4 Å². The summed E-state index contributed by atoms with van der Waals surface area (Å²) >= 11 is 0. The van der Waals surface area contributed by atoms with Crippen molar-refractivity contribution in [2.24, 2.45) is 0 Å². The third kappa shape index (κ3) is 1.57. The minimum Gasteiger partial charge on any atom is -0.0804 e. The Hall–Kier alpha value is -1.30. The standard InChI is InChI=1S/C13H14/c1-2-11-7-3-4-8-12-9-5-6-10-13(11)12/h3,5-10H,2,4H2,1H3. The van der Waals surface area contributed by atoms with Gasteiger partial charge in [0.05, 0.1) is 0 Å². The second-order valence-electron chi connectivity index (χ2n) is 3.31. The van der Waals surface area contributed by atoms with Crippen LogP contribution in [0.25, 0.3) is 11.6 Å². The zero-order valence-electron chi connectivity index (χ0n) is 7.96. The van der Waals surface area contributed by atoms with Gasteiger partial charge in [-0.15, -0.1) is 0 Å². The Balaban J connectivity index is 2.82. The molecule has 2 rings (SSSR count). The maximum absolute atomic E-state index is 2.29. The van der Waals surface area contributed by atoms with Crippen LogP contribution in [0.2, 0.25) is 0 Å². The maximum Gasteiger partial charge on any atom is -0.0155 e. The molecule has 0 saturated carbocycles. The van der Waals surface area contributed by atoms with Gasteiger partial charge < -0.3 is 0 Å². The molecule has 13 heavy (non-hydrogen) atoms. The highest BCUT2D eigenvalue weighted by Crippen LogP contribution is 2.03. The fourth-order valence-electron chi connectivity index (χ4n) is 1.77. The Morgan fingerprint density at radius 3 is 2.92 bits per heavy atom. The van der Waals surface area contributed by atoms with Crippen molar-refractivity contribution in [1.29, 1.82) is 0 Å². The van der Waals surface area contributed by atoms with Gasteiger partial charge in [-0.2, -0.15) is 0 Å². The lowest BCUT2D eigenvalue weighted by Gasteiger charge is -1.96. The molecule has 0 saturated heterocycles. The Morgan fingerprint density at radius 1 is 1.23 bits per heavy atom. The van der Waals surface area contributed by atoms with Crippen LogP contribution in [-0.2, 0) is 0 Å². The van der Waals surface area contributed by atoms with Gasteiger partial charge in [-0.1, -0.05) is 49.4 Å². The van der Waals surface area contributed by atoms with E-state index < -0.39 is 0 Å². The quantitative estimate of drug-likeness (QED) is 0.604. The average molecular weight is 170 g/mol. The molecule has 0 heteroatoms. The summed E-state index contributed by atoms with van der Waals surface area (Å²) in [4.78, 5) is 0. The summed E-state index contributed by atoms with van der Waals surface area (Å²) in [5.74, 6) is 0. The molecule has 0 N–H and O–H groups in total. The number of hydrogen-bond acceptors (Lipinski definition) is 0. The van der Waals surface area contributed by atoms with Crippen LogP contribution < -0.4 is 10.4 Å². The summed E-state index contributed by atoms with van der Waals surface area (Å²) in [5.41, 5.74) is 1.45. The van der Waals surface area contributed by atoms with Gasteiger partial charge in [0.1, 0.15) is 0 Å². The molecule has 0 fully saturated rings. The van der Waals surface area contributed by atoms with Gasteiger partial charge in [0.25, 0.3) is 0 Å². The maximum atomic E-state index is 2.29. The smallest absolute Gasteiger partial charge is 0.0155 e. The average Bonchev–Trinajstić information content (AvgIpc) is 2.39. The van der Waals surface area contributed by atoms with Crippen molar-refractivity contribution in [3.05, 3.63) is 46.9 Å². The van der Waals surface area contributed by atoms with E-state index >= 15 is 0 Å². The minimum absolute atomic E-state index is 1.06. The lowest BCUT2D eigenvalue weighted by atomic mass is 10.1. The van der Waals surface area contributed by atoms with Crippen molar-refractivity contribution >= 4 is 11.6 Å². The molecule has 0 heterocycles. The molecule has 0 unspecified atom stereocenters. The molecule has 1 aromatic carbocycles. The monoisotopic (exact) mass is 170 g/mol. The topological polar surface area (TPSA) is 0 Å². The van der Waals surface area contributed by atoms with E-state index in [1.807, 2.05) is 0 Å². The first-order valence-electron chi connectivity index (χ1n) is 4.87. The van der Waals surface area contributed by atoms with Gasteiger partial charge in [0.2, 0.25) is 0 Å². The number of allylic oxidation sites excluding steroid dienone is 2. The lowest BCUT2D eigenvalue weighted by molar-refractivity contribution is 1.23. The van der Waals surface area contributed by atoms with Crippen LogP contribution >= 0.6 is 0 Å². The molecular formula is C13H14. The largest absolute Gasteiger partial charge is 0.0804 e. The van der Waals surface area contributed by atoms with E-state index in [-0.39, 0.29) is 0 Å². The fourth-order valence-corrected chi connectivity index (χ4v) is 1.77. The summed E-state index contributed by atoms with van der Waals surface area (Å²) in [6.45, 7) is 2.21. The van der Waals surface area contributed by atoms with E-state index in [9.17, 15) is 0 Å². The van der Waals surface area contributed by atoms with Gasteiger partial charge in [0, 0.05) is 0 Å². The molecule has 1 aromatic rings. The van der Waals surface area contributed by atoms with Gasteiger partial charge in [-0.25, -0.2) is 0 Å². The molecule has 0 aliphatic heterocycles. The lowest BCUT2D eigenvalue weighted by Crippen LogP contribution is -2.25. The van der Waals surface area contributed by atoms with Gasteiger partial charge in [-0.3, -0.25) is 0 Å². The highest BCUT2D eigenvalue weighted by atomic mass is 14.0. The molecule has 1 aliphatic carbocycles. The van der Waals surface area contributed by atoms with E-state index in [0.29, 0.717) is 0 Å². The first-order chi connectivity index (χ1) is 6.42. The molecule has 1 aliphatic rings. The second-order valence-corrected chi connectivity index (χ2v) is 3.31. The van der Waals surface area contributed by atoms with E-state index in [0.717, 1.165) is 12.8 Å². The molecule has 66 valence electrons. The SMILES string of the molecule is CCC1=c2ccccc2=CCC=C1. The molecular weight excluding hydrogens is 156 g/mol. The predicted octanol–water partition coefficient (Wildman–Crippen LogP) is 1.99. The van der Waals surface area contributed by atoms with Crippen LogP contribution in [0, 0.1) is 0 Å². The highest BCUT2D eigenvalue weighted by molar-refractivity contribution is 5.58. The van der Waals surface area contributed by atoms with Crippen molar-refractivity contribution in [2.45, 2.75) is 19.8 Å². The number of benzene rings is 1. The van der Waals surface area contributed by atoms with E-state index in [1.54, 1.807) is 0 Å². The summed E-state index contributed by atoms with van der Waals surface area (Å²) in [5, 5.41) is 2.78. The molecule has 0 radical (unpaired) electrons. The van der Waals surface area contributed by atoms with E-state index in [1.165, 1.54) is 16.0 Å². The van der Waals surface area contributed by atoms with Crippen molar-refractivity contribution in [3.8, 4) is 0 Å². The van der Waals surface area contributed by atoms with E-state index in [4.69, 9.17) is 0 Å². The number of hydrogen-bond donors (Lipinski definition) is 0. The molecule has 0 atom stereocenters. The second kappa shape index (κ2) is 3.61. The molecule has 0 nitrogen and oxygen atoms in total. The zero-order chi connectivity index (χ0) is 9.10. The van der Waals surface area contributed by atoms with Crippen LogP contribution in [0.5, 0.6) is 0 Å². The van der Waals surface area contributed by atoms with Gasteiger partial charge in [0.15, 0.2) is 0 Å². The van der Waals surface area contributed by atoms with Gasteiger partial charge >= 0.3 is 0 Å². The zero-order valence-corrected chi connectivity index (χ0v) is 7.96. The Kier molecular flexibility index (Phi) is 2.31. The first-order valence-corrected chi connectivity index (χ1v) is 4.87. The summed E-state index contributed by atoms with van der Waals surface area (Å²) in [7, 11) is 0.